The molecule has 0 radical (unpaired) electrons. The van der Waals surface area contributed by atoms with Crippen LogP contribution in [-0.4, -0.2) is 93.0 Å². The molecule has 15 heteroatoms. The Balaban J connectivity index is 1.29. The number of hydrogen-bond donors (Lipinski definition) is 3. The summed E-state index contributed by atoms with van der Waals surface area (Å²) in [6.07, 6.45) is 8.04. The van der Waals surface area contributed by atoms with Crippen molar-refractivity contribution in [2.75, 3.05) is 51.1 Å². The van der Waals surface area contributed by atoms with E-state index in [0.717, 1.165) is 68.0 Å². The summed E-state index contributed by atoms with van der Waals surface area (Å²) in [5.74, 6) is 0.201. The van der Waals surface area contributed by atoms with Crippen LogP contribution in [0.25, 0.3) is 32.9 Å². The van der Waals surface area contributed by atoms with E-state index >= 15 is 4.39 Å². The number of hydrogen-bond acceptors (Lipinski definition) is 12. The predicted octanol–water partition coefficient (Wildman–Crippen LogP) is 5.59. The number of nitrogens with zero attached hydrogens (tertiary/aromatic N) is 5. The van der Waals surface area contributed by atoms with E-state index in [0.29, 0.717) is 55.1 Å². The van der Waals surface area contributed by atoms with Crippen LogP contribution in [0.5, 0.6) is 11.8 Å². The molecule has 1 unspecified atom stereocenters. The molecule has 0 spiro atoms. The fourth-order valence-electron chi connectivity index (χ4n) is 8.51. The zero-order chi connectivity index (χ0) is 35.2. The minimum atomic E-state index is -2.62. The molecule has 9 rings (SSSR count). The van der Waals surface area contributed by atoms with Gasteiger partial charge in [-0.15, -0.1) is 0 Å². The highest BCUT2D eigenvalue weighted by atomic mass is 31.2. The quantitative estimate of drug-likeness (QED) is 0.161. The Morgan fingerprint density at radius 3 is 2.71 bits per heavy atom. The third kappa shape index (κ3) is 6.75. The normalized spacial score (nSPS) is 22.0. The van der Waals surface area contributed by atoms with Gasteiger partial charge in [-0.1, -0.05) is 18.2 Å². The van der Waals surface area contributed by atoms with Gasteiger partial charge in [0.2, 0.25) is 0 Å². The first-order chi connectivity index (χ1) is 24.7. The number of carbonyl (C=O) groups is 1. The van der Waals surface area contributed by atoms with Gasteiger partial charge in [-0.3, -0.25) is 14.4 Å². The minimum Gasteiger partial charge on any atom is -0.467 e. The van der Waals surface area contributed by atoms with Crippen molar-refractivity contribution in [1.29, 1.82) is 0 Å². The number of pyridine rings is 1. The van der Waals surface area contributed by atoms with Crippen LogP contribution in [0.3, 0.4) is 0 Å². The molecule has 51 heavy (non-hydrogen) atoms. The van der Waals surface area contributed by atoms with Crippen LogP contribution < -0.4 is 19.7 Å². The Labute approximate surface area is 296 Å². The van der Waals surface area contributed by atoms with E-state index in [2.05, 4.69) is 10.2 Å². The number of rotatable bonds is 7. The van der Waals surface area contributed by atoms with Crippen LogP contribution in [0.15, 0.2) is 36.5 Å². The highest BCUT2D eigenvalue weighted by Crippen LogP contribution is 2.42. The molecule has 270 valence electrons. The second-order valence-electron chi connectivity index (χ2n) is 14.3. The molecule has 5 aliphatic heterocycles. The molecule has 2 aromatic carbocycles. The van der Waals surface area contributed by atoms with E-state index in [1.807, 2.05) is 30.0 Å². The van der Waals surface area contributed by atoms with E-state index in [4.69, 9.17) is 33.7 Å². The Hall–Kier alpha value is -3.94. The van der Waals surface area contributed by atoms with Crippen molar-refractivity contribution in [1.82, 2.24) is 25.2 Å². The number of carbonyl (C=O) groups excluding carboxylic acids is 1. The molecule has 3 N–H and O–H groups in total. The number of aromatic nitrogens is 3. The number of nitrogens with one attached hydrogen (secondary N) is 1. The van der Waals surface area contributed by atoms with Crippen LogP contribution in [-0.2, 0) is 15.7 Å². The Morgan fingerprint density at radius 1 is 1.06 bits per heavy atom. The maximum absolute atomic E-state index is 17.3. The summed E-state index contributed by atoms with van der Waals surface area (Å²) < 4.78 is 39.9. The van der Waals surface area contributed by atoms with Gasteiger partial charge in [-0.2, -0.15) is 9.97 Å². The monoisotopic (exact) mass is 720 g/mol. The van der Waals surface area contributed by atoms with Gasteiger partial charge in [0.1, 0.15) is 29.4 Å². The van der Waals surface area contributed by atoms with Crippen molar-refractivity contribution in [3.05, 3.63) is 47.9 Å². The highest BCUT2D eigenvalue weighted by Gasteiger charge is 2.45. The second-order valence-corrected chi connectivity index (χ2v) is 15.1. The third-order valence-electron chi connectivity index (χ3n) is 10.8. The summed E-state index contributed by atoms with van der Waals surface area (Å²) in [5, 5.41) is 5.05. The number of benzene rings is 2. The summed E-state index contributed by atoms with van der Waals surface area (Å²) >= 11 is 0. The number of halogens is 1. The lowest BCUT2D eigenvalue weighted by Crippen LogP contribution is -2.57. The number of aryl methyl sites for hydroxylation is 1. The fraction of sp³-hybridized carbons (Fsp3) is 0.500. The van der Waals surface area contributed by atoms with E-state index in [1.165, 1.54) is 0 Å². The molecular weight excluding hydrogens is 678 g/mol. The van der Waals surface area contributed by atoms with Crippen molar-refractivity contribution in [2.24, 2.45) is 0 Å². The lowest BCUT2D eigenvalue weighted by Gasteiger charge is -2.41. The van der Waals surface area contributed by atoms with Crippen molar-refractivity contribution < 1.29 is 37.7 Å². The standard InChI is InChI=1S/C36H42FN6O7P/c1-35-10-4-13-42(20-35)32-27-19-38-30(29(37)31(27)39-33(40-32)48-21-36-11-5-14-43(36)15-6-12-36)26-18-25(49-22-50-51(45)46)17-24-8-2-7-23(28(24)26)9-3-16-47-34(44)41-35/h2,7-8,17-19,45-46H,3-6,9-16,20-22H2,1H3,(H,41,44). The summed E-state index contributed by atoms with van der Waals surface area (Å²) in [5.41, 5.74) is 0.861. The van der Waals surface area contributed by atoms with E-state index in [9.17, 15) is 14.6 Å². The molecule has 5 aliphatic rings. The lowest BCUT2D eigenvalue weighted by molar-refractivity contribution is 0.105. The van der Waals surface area contributed by atoms with Crippen molar-refractivity contribution >= 4 is 42.2 Å². The van der Waals surface area contributed by atoms with Crippen LogP contribution in [0.2, 0.25) is 0 Å². The Kier molecular flexibility index (Phi) is 9.30. The molecule has 4 aromatic rings. The number of fused-ring (bicyclic) bond motifs is 7. The molecule has 1 amide bonds. The van der Waals surface area contributed by atoms with Crippen LogP contribution in [0.4, 0.5) is 15.0 Å². The van der Waals surface area contributed by atoms with Gasteiger partial charge in [0.05, 0.1) is 23.1 Å². The van der Waals surface area contributed by atoms with Gasteiger partial charge >= 0.3 is 20.7 Å². The van der Waals surface area contributed by atoms with Crippen molar-refractivity contribution in [2.45, 2.75) is 69.4 Å². The van der Waals surface area contributed by atoms with Gasteiger partial charge in [0, 0.05) is 24.8 Å². The molecule has 1 atom stereocenters. The molecule has 2 aromatic heterocycles. The summed E-state index contributed by atoms with van der Waals surface area (Å²) in [6.45, 7) is 5.35. The first kappa shape index (κ1) is 34.2. The molecule has 3 saturated heterocycles. The zero-order valence-corrected chi connectivity index (χ0v) is 29.5. The van der Waals surface area contributed by atoms with Gasteiger partial charge in [0.15, 0.2) is 12.6 Å². The fourth-order valence-corrected chi connectivity index (χ4v) is 8.65. The number of piperidine rings is 1. The number of alkyl carbamates (subject to hydrolysis) is 1. The molecule has 6 bridgehead atoms. The molecule has 13 nitrogen and oxygen atoms in total. The Morgan fingerprint density at radius 2 is 1.88 bits per heavy atom. The van der Waals surface area contributed by atoms with Crippen LogP contribution >= 0.6 is 8.60 Å². The smallest absolute Gasteiger partial charge is 0.407 e. The first-order valence-corrected chi connectivity index (χ1v) is 18.8. The van der Waals surface area contributed by atoms with E-state index < -0.39 is 32.8 Å². The van der Waals surface area contributed by atoms with E-state index in [-0.39, 0.29) is 29.4 Å². The molecule has 7 heterocycles. The number of ether oxygens (including phenoxy) is 3. The second kappa shape index (κ2) is 13.9. The number of anilines is 1. The maximum Gasteiger partial charge on any atom is 0.407 e. The molecule has 0 saturated carbocycles. The third-order valence-corrected chi connectivity index (χ3v) is 11.2. The molecular formula is C36H42FN6O7P. The summed E-state index contributed by atoms with van der Waals surface area (Å²) in [6, 6.07) is 9.31. The predicted molar refractivity (Wildman–Crippen MR) is 189 cm³/mol. The SMILES string of the molecule is CC12CCCN(C1)c1nc(OCC34CCCN3CCC4)nc3c(F)c(ncc13)-c1cc(OCOP(O)O)cc3cccc(c13)CCCOC(=O)N2. The van der Waals surface area contributed by atoms with Crippen molar-refractivity contribution in [3.8, 4) is 23.0 Å². The van der Waals surface area contributed by atoms with Crippen LogP contribution in [0, 0.1) is 5.82 Å². The minimum absolute atomic E-state index is 0.0621. The van der Waals surface area contributed by atoms with Gasteiger partial charge in [-0.25, -0.2) is 9.18 Å². The van der Waals surface area contributed by atoms with Gasteiger partial charge in [-0.05, 0) is 99.8 Å². The topological polar surface area (TPSA) is 152 Å². The average molecular weight is 721 g/mol. The highest BCUT2D eigenvalue weighted by molar-refractivity contribution is 7.39. The Bertz CT molecular complexity index is 1960. The van der Waals surface area contributed by atoms with Gasteiger partial charge < -0.3 is 34.2 Å². The summed E-state index contributed by atoms with van der Waals surface area (Å²) in [7, 11) is -2.62. The lowest BCUT2D eigenvalue weighted by atomic mass is 9.91. The van der Waals surface area contributed by atoms with Crippen LogP contribution in [0.1, 0.15) is 57.4 Å². The largest absolute Gasteiger partial charge is 0.467 e. The molecule has 0 aliphatic carbocycles. The van der Waals surface area contributed by atoms with E-state index in [1.54, 1.807) is 18.3 Å². The van der Waals surface area contributed by atoms with Crippen molar-refractivity contribution in [3.63, 3.8) is 0 Å². The molecule has 3 fully saturated rings. The van der Waals surface area contributed by atoms with Gasteiger partial charge in [0.25, 0.3) is 0 Å². The average Bonchev–Trinajstić information content (AvgIpc) is 3.69. The summed E-state index contributed by atoms with van der Waals surface area (Å²) in [4.78, 5) is 50.4. The maximum atomic E-state index is 17.3. The zero-order valence-electron chi connectivity index (χ0n) is 28.6. The number of amides is 1. The first-order valence-electron chi connectivity index (χ1n) is 17.6.